The molecule has 2 saturated heterocycles. The molecule has 284 valence electrons. The van der Waals surface area contributed by atoms with Crippen molar-refractivity contribution in [2.75, 3.05) is 13.2 Å². The van der Waals surface area contributed by atoms with Crippen LogP contribution in [0.25, 0.3) is 0 Å². The van der Waals surface area contributed by atoms with Crippen LogP contribution in [0.2, 0.25) is 0 Å². The number of allylic oxidation sites excluding steroid dienone is 6. The Hall–Kier alpha value is -3.12. The Kier molecular flexibility index (Phi) is 17.2. The van der Waals surface area contributed by atoms with Crippen LogP contribution in [0.15, 0.2) is 84.6 Å². The van der Waals surface area contributed by atoms with E-state index in [-0.39, 0.29) is 43.7 Å². The van der Waals surface area contributed by atoms with E-state index in [1.165, 1.54) is 6.08 Å². The van der Waals surface area contributed by atoms with Gasteiger partial charge in [0.2, 0.25) is 0 Å². The quantitative estimate of drug-likeness (QED) is 0.162. The molecule has 0 saturated carbocycles. The van der Waals surface area contributed by atoms with Gasteiger partial charge < -0.3 is 39.4 Å². The Balaban J connectivity index is 1.71. The molecule has 0 aromatic heterocycles. The van der Waals surface area contributed by atoms with Gasteiger partial charge in [-0.2, -0.15) is 0 Å². The molecule has 4 bridgehead atoms. The van der Waals surface area contributed by atoms with Gasteiger partial charge in [0.1, 0.15) is 12.7 Å². The fraction of sp³-hybridized carbons (Fsp3) is 0.610. The molecule has 0 aromatic carbocycles. The average Bonchev–Trinajstić information content (AvgIpc) is 3.07. The van der Waals surface area contributed by atoms with Crippen LogP contribution in [0.3, 0.4) is 0 Å². The zero-order valence-corrected chi connectivity index (χ0v) is 30.9. The number of carbonyl (C=O) groups is 2. The van der Waals surface area contributed by atoms with Crippen LogP contribution in [0, 0.1) is 17.3 Å². The Morgan fingerprint density at radius 2 is 1.86 bits per heavy atom. The second-order valence-corrected chi connectivity index (χ2v) is 14.7. The molecule has 2 fully saturated rings. The largest absolute Gasteiger partial charge is 0.459 e. The van der Waals surface area contributed by atoms with Crippen molar-refractivity contribution < 1.29 is 49.0 Å². The van der Waals surface area contributed by atoms with Gasteiger partial charge in [-0.25, -0.2) is 9.59 Å². The van der Waals surface area contributed by atoms with Crippen LogP contribution >= 0.6 is 0 Å². The molecule has 10 heteroatoms. The molecular weight excluding hydrogens is 652 g/mol. The number of fused-ring (bicyclic) bond motifs is 4. The highest BCUT2D eigenvalue weighted by molar-refractivity contribution is 5.82. The molecule has 51 heavy (non-hydrogen) atoms. The van der Waals surface area contributed by atoms with Crippen LogP contribution in [0.1, 0.15) is 79.6 Å². The number of hydrogen-bond acceptors (Lipinski definition) is 10. The lowest BCUT2D eigenvalue weighted by molar-refractivity contribution is -0.198. The Labute approximate surface area is 303 Å². The van der Waals surface area contributed by atoms with E-state index in [4.69, 9.17) is 18.9 Å². The zero-order valence-electron chi connectivity index (χ0n) is 30.9. The third-order valence-electron chi connectivity index (χ3n) is 9.86. The molecule has 4 N–H and O–H groups in total. The van der Waals surface area contributed by atoms with Gasteiger partial charge in [-0.05, 0) is 44.1 Å². The highest BCUT2D eigenvalue weighted by Crippen LogP contribution is 2.41. The first-order valence-electron chi connectivity index (χ1n) is 18.2. The third kappa shape index (κ3) is 13.4. The summed E-state index contributed by atoms with van der Waals surface area (Å²) in [5, 5.41) is 41.7. The molecule has 0 spiro atoms. The summed E-state index contributed by atoms with van der Waals surface area (Å²) in [6, 6.07) is 0. The lowest BCUT2D eigenvalue weighted by Crippen LogP contribution is -2.55. The van der Waals surface area contributed by atoms with Crippen LogP contribution in [0.5, 0.6) is 0 Å². The van der Waals surface area contributed by atoms with Gasteiger partial charge in [-0.3, -0.25) is 0 Å². The van der Waals surface area contributed by atoms with Crippen molar-refractivity contribution in [1.29, 1.82) is 0 Å². The predicted octanol–water partition coefficient (Wildman–Crippen LogP) is 5.38. The van der Waals surface area contributed by atoms with Crippen LogP contribution < -0.4 is 0 Å². The lowest BCUT2D eigenvalue weighted by atomic mass is 9.73. The number of carbonyl (C=O) groups excluding carboxylic acids is 2. The summed E-state index contributed by atoms with van der Waals surface area (Å²) in [4.78, 5) is 25.3. The summed E-state index contributed by atoms with van der Waals surface area (Å²) in [7, 11) is 0. The number of aliphatic hydroxyl groups is 4. The summed E-state index contributed by atoms with van der Waals surface area (Å²) in [5.74, 6) is -1.13. The summed E-state index contributed by atoms with van der Waals surface area (Å²) >= 11 is 0. The molecule has 0 radical (unpaired) electrons. The fourth-order valence-corrected chi connectivity index (χ4v) is 6.40. The topological polar surface area (TPSA) is 152 Å². The average molecular weight is 713 g/mol. The molecule has 3 aliphatic heterocycles. The minimum Gasteiger partial charge on any atom is -0.459 e. The van der Waals surface area contributed by atoms with E-state index < -0.39 is 54.0 Å². The third-order valence-corrected chi connectivity index (χ3v) is 9.86. The van der Waals surface area contributed by atoms with Gasteiger partial charge >= 0.3 is 11.9 Å². The monoisotopic (exact) mass is 712 g/mol. The van der Waals surface area contributed by atoms with E-state index in [2.05, 4.69) is 12.7 Å². The maximum atomic E-state index is 13.0. The number of ether oxygens (including phenoxy) is 4. The number of aliphatic hydroxyl groups excluding tert-OH is 4. The van der Waals surface area contributed by atoms with Crippen molar-refractivity contribution in [2.45, 2.75) is 128 Å². The molecular formula is C41H60O10. The van der Waals surface area contributed by atoms with Gasteiger partial charge in [0.05, 0.1) is 48.6 Å². The summed E-state index contributed by atoms with van der Waals surface area (Å²) in [6.45, 7) is 13.1. The first-order chi connectivity index (χ1) is 24.2. The second kappa shape index (κ2) is 20.8. The highest BCUT2D eigenvalue weighted by atomic mass is 16.6. The highest BCUT2D eigenvalue weighted by Gasteiger charge is 2.49. The van der Waals surface area contributed by atoms with E-state index in [0.717, 1.165) is 5.57 Å². The van der Waals surface area contributed by atoms with Gasteiger partial charge in [-0.15, -0.1) is 0 Å². The van der Waals surface area contributed by atoms with E-state index in [1.54, 1.807) is 24.3 Å². The first-order valence-corrected chi connectivity index (χ1v) is 18.2. The van der Waals surface area contributed by atoms with E-state index in [1.807, 2.05) is 65.0 Å². The van der Waals surface area contributed by atoms with E-state index >= 15 is 0 Å². The molecule has 0 aliphatic carbocycles. The smallest absolute Gasteiger partial charge is 0.335 e. The van der Waals surface area contributed by atoms with Crippen LogP contribution in [0.4, 0.5) is 0 Å². The Bertz CT molecular complexity index is 1330. The standard InChI is InChI=1S/C41H60O10/c1-27(2)21-34(44)29(4)25-48-40(47)33(43)18-13-14-19-37-41(6,26-42)38-24-32(50-37)17-10-7-9-15-28(3)22-36-30(5)35(45)23-31(49-36)16-11-8-12-20-39(46)51-38/h8-15,17,20,22,27,30-38,42-45H,4,7,16,18-19,21,23-26H2,1-3,5-6H3/b11-8+,14-13-,15-9+,17-10+,20-12+,28-22-/t30-,31+,32-,33?,34?,35+,36-,37+,38-,41+/m1/s1. The van der Waals surface area contributed by atoms with Gasteiger partial charge in [0, 0.05) is 31.3 Å². The Morgan fingerprint density at radius 3 is 2.59 bits per heavy atom. The van der Waals surface area contributed by atoms with Gasteiger partial charge in [0.25, 0.3) is 0 Å². The minimum atomic E-state index is -1.40. The summed E-state index contributed by atoms with van der Waals surface area (Å²) in [6.07, 6.45) is 18.4. The Morgan fingerprint density at radius 1 is 1.10 bits per heavy atom. The maximum absolute atomic E-state index is 13.0. The van der Waals surface area contributed by atoms with E-state index in [9.17, 15) is 30.0 Å². The number of rotatable bonds is 11. The predicted molar refractivity (Wildman–Crippen MR) is 196 cm³/mol. The van der Waals surface area contributed by atoms with Crippen molar-refractivity contribution in [1.82, 2.24) is 0 Å². The summed E-state index contributed by atoms with van der Waals surface area (Å²) in [5.41, 5.74) is 0.477. The molecule has 10 atom stereocenters. The normalized spacial score (nSPS) is 35.5. The molecule has 3 heterocycles. The van der Waals surface area contributed by atoms with Crippen molar-refractivity contribution in [3.63, 3.8) is 0 Å². The molecule has 2 unspecified atom stereocenters. The molecule has 0 amide bonds. The van der Waals surface area contributed by atoms with E-state index in [0.29, 0.717) is 44.1 Å². The van der Waals surface area contributed by atoms with Crippen LogP contribution in [-0.4, -0.2) is 94.4 Å². The van der Waals surface area contributed by atoms with Gasteiger partial charge in [-0.1, -0.05) is 101 Å². The molecule has 0 aromatic rings. The molecule has 3 rings (SSSR count). The van der Waals surface area contributed by atoms with Gasteiger partial charge in [0.15, 0.2) is 6.10 Å². The van der Waals surface area contributed by atoms with Crippen molar-refractivity contribution in [2.24, 2.45) is 17.3 Å². The lowest BCUT2D eigenvalue weighted by Gasteiger charge is -2.47. The SMILES string of the molecule is C=C(COC(=O)C(O)C/C=C\C[C@@H]1O[C@@H]2/C=C/C/C=C/C(C)=C\[C@H]3O[C@@H](C/C=C/C=C/C(=O)O[C@H](C2)[C@@]1(C)CO)C[C@H](O)[C@H]3C)C(O)CC(C)C. The van der Waals surface area contributed by atoms with Crippen molar-refractivity contribution in [3.05, 3.63) is 84.6 Å². The van der Waals surface area contributed by atoms with Crippen molar-refractivity contribution in [3.8, 4) is 0 Å². The van der Waals surface area contributed by atoms with Crippen molar-refractivity contribution >= 4 is 11.9 Å². The van der Waals surface area contributed by atoms with Crippen LogP contribution in [-0.2, 0) is 28.5 Å². The fourth-order valence-electron chi connectivity index (χ4n) is 6.40. The number of hydrogen-bond donors (Lipinski definition) is 4. The maximum Gasteiger partial charge on any atom is 0.335 e. The zero-order chi connectivity index (χ0) is 37.6. The number of esters is 2. The second-order valence-electron chi connectivity index (χ2n) is 14.7. The first kappa shape index (κ1) is 42.3. The summed E-state index contributed by atoms with van der Waals surface area (Å²) < 4.78 is 23.8. The minimum absolute atomic E-state index is 0.00418. The molecule has 3 aliphatic rings. The molecule has 10 nitrogen and oxygen atoms in total.